The Bertz CT molecular complexity index is 1680. The summed E-state index contributed by atoms with van der Waals surface area (Å²) < 4.78 is 25.2. The smallest absolute Gasteiger partial charge is 0.337 e. The second kappa shape index (κ2) is 21.2. The normalized spacial score (nSPS) is 21.4. The van der Waals surface area contributed by atoms with Crippen LogP contribution in [0.2, 0.25) is 0 Å². The molecule has 13 heteroatoms. The van der Waals surface area contributed by atoms with Crippen LogP contribution in [0.1, 0.15) is 74.6 Å². The molecular formula is C38H41ClI2O10. The van der Waals surface area contributed by atoms with E-state index in [1.807, 2.05) is 36.4 Å². The molecule has 51 heavy (non-hydrogen) atoms. The van der Waals surface area contributed by atoms with E-state index in [0.717, 1.165) is 43.1 Å². The van der Waals surface area contributed by atoms with Crippen LogP contribution in [0, 0.1) is 0 Å². The molecule has 0 radical (unpaired) electrons. The maximum atomic E-state index is 12.4. The van der Waals surface area contributed by atoms with Crippen LogP contribution in [0.3, 0.4) is 0 Å². The Morgan fingerprint density at radius 1 is 0.804 bits per heavy atom. The lowest BCUT2D eigenvalue weighted by molar-refractivity contribution is -0.152. The SMILES string of the molecule is CC1=CC(Cl)OC1=O.CCOC(=O)/C(=C/O)C1CCc2ccccc21.CCOC(=O)/C(=C/OC1C=C(C)C(=O)O1)C1CCc2ccccc21.II. The molecule has 4 atom stereocenters. The molecule has 0 spiro atoms. The fraction of sp³-hybridized carbons (Fsp3) is 0.368. The Kier molecular flexibility index (Phi) is 17.5. The number of alkyl halides is 1. The predicted octanol–water partition coefficient (Wildman–Crippen LogP) is 8.56. The molecule has 4 aliphatic rings. The first-order valence-corrected chi connectivity index (χ1v) is 23.1. The van der Waals surface area contributed by atoms with Gasteiger partial charge in [0.15, 0.2) is 5.56 Å². The number of cyclic esters (lactones) is 2. The molecule has 6 rings (SSSR count). The van der Waals surface area contributed by atoms with Crippen molar-refractivity contribution < 1.29 is 48.0 Å². The summed E-state index contributed by atoms with van der Waals surface area (Å²) in [6.45, 7) is 7.48. The zero-order valence-corrected chi connectivity index (χ0v) is 33.8. The first kappa shape index (κ1) is 42.0. The van der Waals surface area contributed by atoms with Crippen LogP contribution in [0.25, 0.3) is 0 Å². The summed E-state index contributed by atoms with van der Waals surface area (Å²) in [4.78, 5) is 45.9. The third-order valence-corrected chi connectivity index (χ3v) is 8.58. The number of esters is 4. The van der Waals surface area contributed by atoms with Gasteiger partial charge >= 0.3 is 23.9 Å². The van der Waals surface area contributed by atoms with E-state index >= 15 is 0 Å². The molecule has 2 aliphatic carbocycles. The third-order valence-electron chi connectivity index (χ3n) is 8.36. The van der Waals surface area contributed by atoms with E-state index in [0.29, 0.717) is 35.5 Å². The zero-order chi connectivity index (χ0) is 37.5. The Balaban J connectivity index is 0.000000225. The van der Waals surface area contributed by atoms with Gasteiger partial charge in [-0.2, -0.15) is 0 Å². The van der Waals surface area contributed by atoms with Crippen molar-refractivity contribution in [3.8, 4) is 0 Å². The van der Waals surface area contributed by atoms with Crippen molar-refractivity contribution in [3.05, 3.63) is 118 Å². The average Bonchev–Trinajstić information content (AvgIpc) is 3.89. The van der Waals surface area contributed by atoms with E-state index in [1.165, 1.54) is 17.4 Å². The predicted molar refractivity (Wildman–Crippen MR) is 209 cm³/mol. The van der Waals surface area contributed by atoms with Crippen molar-refractivity contribution in [1.29, 1.82) is 0 Å². The van der Waals surface area contributed by atoms with Gasteiger partial charge in [0.1, 0.15) is 0 Å². The standard InChI is InChI=1S/C19H20O5.C14H16O3.C5H5ClO2.I2/c1-3-22-19(21)16(11-23-17-10-12(2)18(20)24-17)15-9-8-13-6-4-5-7-14(13)15;1-2-17-14(16)13(9-15)12-8-7-10-5-3-4-6-11(10)12;1-3-2-4(6)8-5(3)7;1-2/h4-7,10-11,15,17H,3,8-9H2,1-2H3;3-6,9,12,15H,2,7-8H2,1H3;2,4H,1H3;/b16-11+;13-9+;;. The van der Waals surface area contributed by atoms with Gasteiger partial charge < -0.3 is 28.8 Å². The van der Waals surface area contributed by atoms with E-state index in [1.54, 1.807) is 39.8 Å². The van der Waals surface area contributed by atoms with Gasteiger partial charge in [-0.25, -0.2) is 19.2 Å². The summed E-state index contributed by atoms with van der Waals surface area (Å²) in [5.41, 5.74) is 6.09. The topological polar surface area (TPSA) is 135 Å². The van der Waals surface area contributed by atoms with Crippen LogP contribution in [0.5, 0.6) is 0 Å². The van der Waals surface area contributed by atoms with Crippen molar-refractivity contribution in [1.82, 2.24) is 0 Å². The number of halogens is 3. The number of benzene rings is 2. The Morgan fingerprint density at radius 2 is 1.27 bits per heavy atom. The minimum atomic E-state index is -0.793. The van der Waals surface area contributed by atoms with E-state index in [2.05, 4.69) is 54.1 Å². The fourth-order valence-electron chi connectivity index (χ4n) is 5.95. The Labute approximate surface area is 326 Å². The van der Waals surface area contributed by atoms with Gasteiger partial charge in [-0.15, -0.1) is 0 Å². The zero-order valence-electron chi connectivity index (χ0n) is 28.7. The van der Waals surface area contributed by atoms with Gasteiger partial charge in [-0.3, -0.25) is 0 Å². The largest absolute Gasteiger partial charge is 0.515 e. The molecule has 2 aromatic rings. The highest BCUT2D eigenvalue weighted by Crippen LogP contribution is 2.39. The number of hydrogen-bond acceptors (Lipinski definition) is 10. The summed E-state index contributed by atoms with van der Waals surface area (Å²) in [7, 11) is 0. The summed E-state index contributed by atoms with van der Waals surface area (Å²) in [6, 6.07) is 16.1. The second-order valence-electron chi connectivity index (χ2n) is 11.5. The lowest BCUT2D eigenvalue weighted by Gasteiger charge is -2.16. The third kappa shape index (κ3) is 11.6. The van der Waals surface area contributed by atoms with Crippen LogP contribution < -0.4 is 0 Å². The summed E-state index contributed by atoms with van der Waals surface area (Å²) in [5, 5.41) is 9.25. The van der Waals surface area contributed by atoms with Crippen molar-refractivity contribution in [2.75, 3.05) is 13.2 Å². The first-order valence-electron chi connectivity index (χ1n) is 16.3. The average molecular weight is 947 g/mol. The van der Waals surface area contributed by atoms with E-state index < -0.39 is 29.8 Å². The van der Waals surface area contributed by atoms with Crippen LogP contribution in [-0.4, -0.2) is 54.1 Å². The second-order valence-corrected chi connectivity index (χ2v) is 12.0. The number of rotatable bonds is 8. The first-order chi connectivity index (χ1) is 24.6. The molecule has 0 bridgehead atoms. The molecule has 0 amide bonds. The van der Waals surface area contributed by atoms with Gasteiger partial charge in [0.2, 0.25) is 0 Å². The number of carbonyl (C=O) groups excluding carboxylic acids is 4. The quantitative estimate of drug-likeness (QED) is 0.0686. The summed E-state index contributed by atoms with van der Waals surface area (Å²) in [5.74, 6) is -1.64. The number of aliphatic hydroxyl groups is 1. The molecule has 4 unspecified atom stereocenters. The molecule has 0 fully saturated rings. The maximum Gasteiger partial charge on any atom is 0.337 e. The lowest BCUT2D eigenvalue weighted by Crippen LogP contribution is -2.16. The fourth-order valence-corrected chi connectivity index (χ4v) is 6.22. The number of fused-ring (bicyclic) bond motifs is 2. The van der Waals surface area contributed by atoms with E-state index in [-0.39, 0.29) is 17.8 Å². The van der Waals surface area contributed by atoms with E-state index in [9.17, 15) is 24.3 Å². The van der Waals surface area contributed by atoms with E-state index in [4.69, 9.17) is 30.5 Å². The molecular weight excluding hydrogens is 906 g/mol. The molecule has 1 N–H and O–H groups in total. The highest BCUT2D eigenvalue weighted by Gasteiger charge is 2.32. The molecule has 2 heterocycles. The van der Waals surface area contributed by atoms with Crippen LogP contribution in [0.4, 0.5) is 0 Å². The summed E-state index contributed by atoms with van der Waals surface area (Å²) in [6.07, 6.45) is 8.18. The van der Waals surface area contributed by atoms with Gasteiger partial charge in [0.25, 0.3) is 6.29 Å². The summed E-state index contributed by atoms with van der Waals surface area (Å²) >= 11 is 9.62. The van der Waals surface area contributed by atoms with Crippen LogP contribution in [-0.2, 0) is 55.7 Å². The highest BCUT2D eigenvalue weighted by molar-refractivity contribution is 15.0. The van der Waals surface area contributed by atoms with Gasteiger partial charge in [0, 0.05) is 66.3 Å². The number of aryl methyl sites for hydroxylation is 2. The van der Waals surface area contributed by atoms with Crippen LogP contribution in [0.15, 0.2) is 95.5 Å². The Morgan fingerprint density at radius 3 is 1.69 bits per heavy atom. The van der Waals surface area contributed by atoms with Gasteiger partial charge in [0.05, 0.1) is 36.9 Å². The molecule has 10 nitrogen and oxygen atoms in total. The van der Waals surface area contributed by atoms with Crippen molar-refractivity contribution in [2.45, 2.75) is 77.1 Å². The molecule has 2 aliphatic heterocycles. The monoisotopic (exact) mass is 946 g/mol. The number of aliphatic hydroxyl groups excluding tert-OH is 1. The molecule has 0 saturated heterocycles. The van der Waals surface area contributed by atoms with Crippen LogP contribution >= 0.6 is 48.8 Å². The molecule has 274 valence electrons. The number of ether oxygens (including phenoxy) is 5. The maximum absolute atomic E-state index is 12.4. The molecule has 0 saturated carbocycles. The lowest BCUT2D eigenvalue weighted by atomic mass is 9.93. The van der Waals surface area contributed by atoms with Crippen molar-refractivity contribution >= 4 is 72.7 Å². The van der Waals surface area contributed by atoms with Gasteiger partial charge in [-0.05, 0) is 81.7 Å². The molecule has 0 aromatic heterocycles. The minimum absolute atomic E-state index is 0.0322. The minimum Gasteiger partial charge on any atom is -0.515 e. The van der Waals surface area contributed by atoms with Crippen molar-refractivity contribution in [3.63, 3.8) is 0 Å². The number of hydrogen-bond donors (Lipinski definition) is 1. The Hall–Kier alpha value is -3.37. The highest BCUT2D eigenvalue weighted by atomic mass is 128. The van der Waals surface area contributed by atoms with Gasteiger partial charge in [-0.1, -0.05) is 60.1 Å². The number of carbonyl (C=O) groups is 4. The molecule has 2 aromatic carbocycles. The van der Waals surface area contributed by atoms with Crippen molar-refractivity contribution in [2.24, 2.45) is 0 Å².